The van der Waals surface area contributed by atoms with Crippen LogP contribution >= 0.6 is 0 Å². The van der Waals surface area contributed by atoms with Gasteiger partial charge in [0, 0.05) is 18.3 Å². The Labute approximate surface area is 145 Å². The lowest BCUT2D eigenvalue weighted by Crippen LogP contribution is -3.17. The van der Waals surface area contributed by atoms with Gasteiger partial charge in [-0.1, -0.05) is 36.4 Å². The highest BCUT2D eigenvalue weighted by molar-refractivity contribution is 6.03. The number of carbonyl (C=O) groups excluding carboxylic acids is 2. The number of benzene rings is 2. The summed E-state index contributed by atoms with van der Waals surface area (Å²) in [7, 11) is 3.29. The number of fused-ring (bicyclic) bond motifs is 1. The minimum absolute atomic E-state index is 0.199. The van der Waals surface area contributed by atoms with Gasteiger partial charge in [0.05, 0.1) is 13.0 Å². The van der Waals surface area contributed by atoms with Gasteiger partial charge in [0.1, 0.15) is 6.04 Å². The summed E-state index contributed by atoms with van der Waals surface area (Å²) in [6.45, 7) is 0. The third-order valence-corrected chi connectivity index (χ3v) is 5.42. The molecule has 2 aromatic carbocycles. The smallest absolute Gasteiger partial charge is 0.337 e. The summed E-state index contributed by atoms with van der Waals surface area (Å²) in [6.07, 6.45) is 0. The Morgan fingerprint density at radius 1 is 1.08 bits per heavy atom. The molecule has 1 saturated heterocycles. The molecule has 0 aliphatic carbocycles. The first-order valence-electron chi connectivity index (χ1n) is 8.25. The van der Waals surface area contributed by atoms with E-state index in [-0.39, 0.29) is 11.9 Å². The van der Waals surface area contributed by atoms with Crippen LogP contribution in [0, 0.1) is 0 Å². The van der Waals surface area contributed by atoms with E-state index in [4.69, 9.17) is 0 Å². The number of urea groups is 1. The zero-order chi connectivity index (χ0) is 17.8. The fourth-order valence-electron chi connectivity index (χ4n) is 4.15. The Morgan fingerprint density at radius 2 is 1.72 bits per heavy atom. The molecule has 6 nitrogen and oxygen atoms in total. The summed E-state index contributed by atoms with van der Waals surface area (Å²) in [5.41, 5.74) is 0.638. The number of nitrogens with one attached hydrogen (secondary N) is 2. The molecule has 4 unspecified atom stereocenters. The van der Waals surface area contributed by atoms with Crippen LogP contribution in [0.5, 0.6) is 0 Å². The third kappa shape index (κ3) is 2.04. The summed E-state index contributed by atoms with van der Waals surface area (Å²) in [6, 6.07) is 15.6. The Bertz CT molecular complexity index is 854. The van der Waals surface area contributed by atoms with Crippen molar-refractivity contribution in [3.63, 3.8) is 0 Å². The number of hydrogen-bond donors (Lipinski definition) is 3. The van der Waals surface area contributed by atoms with Gasteiger partial charge in [-0.05, 0) is 23.8 Å². The van der Waals surface area contributed by atoms with E-state index in [0.29, 0.717) is 10.5 Å². The molecule has 0 aromatic heterocycles. The van der Waals surface area contributed by atoms with Gasteiger partial charge in [-0.2, -0.15) is 0 Å². The molecule has 128 valence electrons. The number of likely N-dealkylation sites (N-methyl/N-ethyl adjacent to an activating group) is 2. The number of amides is 3. The number of rotatable bonds is 2. The van der Waals surface area contributed by atoms with Gasteiger partial charge in [0.2, 0.25) is 5.91 Å². The van der Waals surface area contributed by atoms with Crippen LogP contribution in [0.3, 0.4) is 0 Å². The number of carbonyl (C=O) groups is 2. The van der Waals surface area contributed by atoms with Crippen LogP contribution in [0.15, 0.2) is 54.6 Å². The molecule has 0 saturated carbocycles. The second-order valence-corrected chi connectivity index (χ2v) is 6.67. The maximum absolute atomic E-state index is 12.7. The zero-order valence-corrected chi connectivity index (χ0v) is 14.1. The molecule has 4 atom stereocenters. The highest BCUT2D eigenvalue weighted by Gasteiger charge is 2.64. The number of anilines is 1. The summed E-state index contributed by atoms with van der Waals surface area (Å²) in [4.78, 5) is 27.2. The fraction of sp³-hybridized carbons (Fsp3) is 0.263. The van der Waals surface area contributed by atoms with Crippen LogP contribution in [0.1, 0.15) is 17.0 Å². The van der Waals surface area contributed by atoms with E-state index in [0.717, 1.165) is 11.3 Å². The van der Waals surface area contributed by atoms with Crippen LogP contribution < -0.4 is 10.2 Å². The minimum atomic E-state index is -1.52. The number of aliphatic hydroxyl groups is 1. The minimum Gasteiger partial charge on any atom is -0.337 e. The predicted molar refractivity (Wildman–Crippen MR) is 92.0 cm³/mol. The van der Waals surface area contributed by atoms with Crippen molar-refractivity contribution in [2.45, 2.75) is 17.7 Å². The lowest BCUT2D eigenvalue weighted by atomic mass is 9.82. The highest BCUT2D eigenvalue weighted by Crippen LogP contribution is 2.42. The summed E-state index contributed by atoms with van der Waals surface area (Å²) >= 11 is 0. The number of para-hydroxylation sites is 1. The van der Waals surface area contributed by atoms with Crippen molar-refractivity contribution in [2.24, 2.45) is 0 Å². The average Bonchev–Trinajstić information content (AvgIpc) is 3.04. The summed E-state index contributed by atoms with van der Waals surface area (Å²) < 4.78 is 0. The van der Waals surface area contributed by atoms with Crippen LogP contribution in [-0.4, -0.2) is 42.1 Å². The standard InChI is InChI=1S/C19H19N3O3/c1-21-16(15-13-10-6-7-11-14(13)20-17(15)23)19(25,22(2)18(21)24)12-8-4-3-5-9-12/h3-11,15-16,25H,1-2H3,(H,20,23)/p+1. The molecule has 2 aliphatic heterocycles. The predicted octanol–water partition coefficient (Wildman–Crippen LogP) is 0.516. The second kappa shape index (κ2) is 5.40. The molecule has 25 heavy (non-hydrogen) atoms. The average molecular weight is 338 g/mol. The van der Waals surface area contributed by atoms with E-state index in [9.17, 15) is 14.7 Å². The van der Waals surface area contributed by atoms with Crippen molar-refractivity contribution < 1.29 is 19.6 Å². The molecule has 0 bridgehead atoms. The summed E-state index contributed by atoms with van der Waals surface area (Å²) in [5, 5.41) is 14.5. The number of quaternary nitrogens is 1. The van der Waals surface area contributed by atoms with Crippen molar-refractivity contribution >= 4 is 17.6 Å². The molecule has 0 spiro atoms. The molecule has 3 N–H and O–H groups in total. The van der Waals surface area contributed by atoms with E-state index in [2.05, 4.69) is 5.32 Å². The molecule has 3 amide bonds. The van der Waals surface area contributed by atoms with Crippen molar-refractivity contribution in [3.8, 4) is 0 Å². The fourth-order valence-corrected chi connectivity index (χ4v) is 4.15. The van der Waals surface area contributed by atoms with Gasteiger partial charge in [0.25, 0.3) is 5.72 Å². The number of hydrogen-bond acceptors (Lipinski definition) is 3. The van der Waals surface area contributed by atoms with Crippen molar-refractivity contribution in [1.29, 1.82) is 0 Å². The van der Waals surface area contributed by atoms with Gasteiger partial charge in [0.15, 0.2) is 0 Å². The van der Waals surface area contributed by atoms with Gasteiger partial charge >= 0.3 is 6.03 Å². The van der Waals surface area contributed by atoms with E-state index in [1.807, 2.05) is 42.5 Å². The SMILES string of the molecule is CN1C(=O)[NH+](C)C(O)(c2ccccc2)C1C1C(=O)Nc2ccccc21. The van der Waals surface area contributed by atoms with Crippen molar-refractivity contribution in [2.75, 3.05) is 19.4 Å². The molecule has 0 radical (unpaired) electrons. The summed E-state index contributed by atoms with van der Waals surface area (Å²) in [5.74, 6) is -0.831. The molecule has 2 aliphatic rings. The highest BCUT2D eigenvalue weighted by atomic mass is 16.3. The normalized spacial score (nSPS) is 31.2. The van der Waals surface area contributed by atoms with E-state index in [1.54, 1.807) is 26.2 Å². The first-order valence-corrected chi connectivity index (χ1v) is 8.25. The molecular weight excluding hydrogens is 318 g/mol. The van der Waals surface area contributed by atoms with Gasteiger partial charge in [-0.25, -0.2) is 9.69 Å². The van der Waals surface area contributed by atoms with E-state index < -0.39 is 17.7 Å². The van der Waals surface area contributed by atoms with Crippen LogP contribution in [0.25, 0.3) is 0 Å². The van der Waals surface area contributed by atoms with Crippen LogP contribution in [-0.2, 0) is 10.5 Å². The number of nitrogens with zero attached hydrogens (tertiary/aromatic N) is 1. The molecule has 2 heterocycles. The Balaban J connectivity index is 1.90. The van der Waals surface area contributed by atoms with Crippen LogP contribution in [0.2, 0.25) is 0 Å². The maximum atomic E-state index is 12.7. The molecule has 6 heteroatoms. The molecule has 2 aromatic rings. The maximum Gasteiger partial charge on any atom is 0.420 e. The quantitative estimate of drug-likeness (QED) is 0.747. The Hall–Kier alpha value is -2.70. The molecular formula is C19H20N3O3+. The Kier molecular flexibility index (Phi) is 3.42. The Morgan fingerprint density at radius 3 is 2.44 bits per heavy atom. The van der Waals surface area contributed by atoms with Crippen molar-refractivity contribution in [1.82, 2.24) is 4.90 Å². The first-order chi connectivity index (χ1) is 12.0. The van der Waals surface area contributed by atoms with E-state index >= 15 is 0 Å². The largest absolute Gasteiger partial charge is 0.420 e. The van der Waals surface area contributed by atoms with Gasteiger partial charge in [-0.3, -0.25) is 9.69 Å². The van der Waals surface area contributed by atoms with Crippen LogP contribution in [0.4, 0.5) is 10.5 Å². The van der Waals surface area contributed by atoms with Gasteiger partial charge < -0.3 is 10.4 Å². The van der Waals surface area contributed by atoms with E-state index in [1.165, 1.54) is 4.90 Å². The second-order valence-electron chi connectivity index (χ2n) is 6.67. The zero-order valence-electron chi connectivity index (χ0n) is 14.1. The topological polar surface area (TPSA) is 74.1 Å². The lowest BCUT2D eigenvalue weighted by Gasteiger charge is -2.33. The first kappa shape index (κ1) is 15.8. The monoisotopic (exact) mass is 338 g/mol. The third-order valence-electron chi connectivity index (χ3n) is 5.42. The van der Waals surface area contributed by atoms with Crippen molar-refractivity contribution in [3.05, 3.63) is 65.7 Å². The molecule has 1 fully saturated rings. The lowest BCUT2D eigenvalue weighted by molar-refractivity contribution is -0.886. The molecule has 4 rings (SSSR count). The van der Waals surface area contributed by atoms with Gasteiger partial charge in [-0.15, -0.1) is 0 Å².